The van der Waals surface area contributed by atoms with Crippen LogP contribution in [0.15, 0.2) is 18.6 Å². The van der Waals surface area contributed by atoms with Crippen molar-refractivity contribution in [3.63, 3.8) is 0 Å². The third-order valence-electron chi connectivity index (χ3n) is 3.88. The summed E-state index contributed by atoms with van der Waals surface area (Å²) in [5.74, 6) is -0.788. The van der Waals surface area contributed by atoms with Gasteiger partial charge in [0.15, 0.2) is 12.3 Å². The van der Waals surface area contributed by atoms with Gasteiger partial charge in [0.05, 0.1) is 5.39 Å². The third kappa shape index (κ3) is 3.26. The standard InChI is InChI=1S/C15H18N4O6/c1-7(20)23-5-10-12(24-8(2)21)11(22)15(25-10)19-4-3-9-13(16)17-6-18-14(9)19/h3-4,6,10-12,15,22H,5H2,1-2H3,(H2,16,17,18). The van der Waals surface area contributed by atoms with Crippen LogP contribution in [0.3, 0.4) is 0 Å². The molecule has 134 valence electrons. The van der Waals surface area contributed by atoms with Crippen LogP contribution in [0.2, 0.25) is 0 Å². The Morgan fingerprint density at radius 3 is 2.80 bits per heavy atom. The van der Waals surface area contributed by atoms with Gasteiger partial charge in [0.2, 0.25) is 0 Å². The SMILES string of the molecule is CC(=O)OCC1OC(n2ccc3c(N)ncnc32)C(O)C1OC(C)=O. The largest absolute Gasteiger partial charge is 0.463 e. The number of carbonyl (C=O) groups is 2. The molecule has 1 aliphatic rings. The highest BCUT2D eigenvalue weighted by atomic mass is 16.6. The van der Waals surface area contributed by atoms with E-state index in [4.69, 9.17) is 19.9 Å². The van der Waals surface area contributed by atoms with E-state index in [1.807, 2.05) is 0 Å². The van der Waals surface area contributed by atoms with Crippen molar-refractivity contribution in [3.05, 3.63) is 18.6 Å². The maximum atomic E-state index is 11.3. The molecule has 0 saturated carbocycles. The van der Waals surface area contributed by atoms with Crippen LogP contribution in [0.1, 0.15) is 20.1 Å². The van der Waals surface area contributed by atoms with E-state index in [0.717, 1.165) is 0 Å². The molecule has 4 atom stereocenters. The fourth-order valence-electron chi connectivity index (χ4n) is 2.82. The van der Waals surface area contributed by atoms with Crippen molar-refractivity contribution < 1.29 is 28.9 Å². The Hall–Kier alpha value is -2.72. The van der Waals surface area contributed by atoms with E-state index in [1.165, 1.54) is 20.2 Å². The second-order valence-electron chi connectivity index (χ2n) is 5.65. The fourth-order valence-corrected chi connectivity index (χ4v) is 2.82. The molecular formula is C15H18N4O6. The van der Waals surface area contributed by atoms with E-state index in [2.05, 4.69) is 9.97 Å². The number of aliphatic hydroxyl groups excluding tert-OH is 1. The highest BCUT2D eigenvalue weighted by Crippen LogP contribution is 2.34. The first-order chi connectivity index (χ1) is 11.9. The molecule has 0 aromatic carbocycles. The summed E-state index contributed by atoms with van der Waals surface area (Å²) in [6.45, 7) is 2.32. The predicted octanol–water partition coefficient (Wildman–Crippen LogP) is -0.233. The molecule has 0 radical (unpaired) electrons. The molecule has 0 aliphatic carbocycles. The summed E-state index contributed by atoms with van der Waals surface area (Å²) in [7, 11) is 0. The van der Waals surface area contributed by atoms with Crippen LogP contribution < -0.4 is 5.73 Å². The van der Waals surface area contributed by atoms with Crippen LogP contribution in [0.4, 0.5) is 5.82 Å². The van der Waals surface area contributed by atoms with Crippen molar-refractivity contribution in [1.29, 1.82) is 0 Å². The summed E-state index contributed by atoms with van der Waals surface area (Å²) in [5, 5.41) is 11.2. The number of nitrogens with zero attached hydrogens (tertiary/aromatic N) is 3. The summed E-state index contributed by atoms with van der Waals surface area (Å²) < 4.78 is 17.5. The first-order valence-corrected chi connectivity index (χ1v) is 7.59. The number of carbonyl (C=O) groups excluding carboxylic acids is 2. The monoisotopic (exact) mass is 350 g/mol. The molecule has 10 nitrogen and oxygen atoms in total. The van der Waals surface area contributed by atoms with Gasteiger partial charge in [0.25, 0.3) is 0 Å². The van der Waals surface area contributed by atoms with E-state index in [0.29, 0.717) is 16.9 Å². The van der Waals surface area contributed by atoms with E-state index < -0.39 is 36.5 Å². The first kappa shape index (κ1) is 17.1. The second kappa shape index (κ2) is 6.65. The number of ether oxygens (including phenoxy) is 3. The average molecular weight is 350 g/mol. The van der Waals surface area contributed by atoms with E-state index in [1.54, 1.807) is 16.8 Å². The minimum atomic E-state index is -1.18. The fraction of sp³-hybridized carbons (Fsp3) is 0.467. The second-order valence-corrected chi connectivity index (χ2v) is 5.65. The summed E-state index contributed by atoms with van der Waals surface area (Å²) in [6, 6.07) is 1.70. The first-order valence-electron chi connectivity index (χ1n) is 7.59. The van der Waals surface area contributed by atoms with E-state index in [9.17, 15) is 14.7 Å². The number of rotatable bonds is 4. The molecule has 0 bridgehead atoms. The molecule has 3 heterocycles. The number of aliphatic hydroxyl groups is 1. The number of aromatic nitrogens is 3. The molecule has 2 aromatic heterocycles. The van der Waals surface area contributed by atoms with Crippen molar-refractivity contribution in [2.75, 3.05) is 12.3 Å². The molecular weight excluding hydrogens is 332 g/mol. The van der Waals surface area contributed by atoms with Gasteiger partial charge >= 0.3 is 11.9 Å². The van der Waals surface area contributed by atoms with Gasteiger partial charge in [-0.3, -0.25) is 9.59 Å². The Balaban J connectivity index is 1.91. The van der Waals surface area contributed by atoms with Crippen LogP contribution in [-0.2, 0) is 23.8 Å². The van der Waals surface area contributed by atoms with Crippen molar-refractivity contribution in [2.45, 2.75) is 38.4 Å². The number of nitrogen functional groups attached to an aromatic ring is 1. The Kier molecular flexibility index (Phi) is 4.55. The number of anilines is 1. The minimum absolute atomic E-state index is 0.156. The highest BCUT2D eigenvalue weighted by Gasteiger charge is 2.47. The zero-order valence-corrected chi connectivity index (χ0v) is 13.7. The molecule has 3 rings (SSSR count). The lowest BCUT2D eigenvalue weighted by atomic mass is 10.1. The molecule has 0 spiro atoms. The molecule has 2 aromatic rings. The lowest BCUT2D eigenvalue weighted by Gasteiger charge is -2.19. The highest BCUT2D eigenvalue weighted by molar-refractivity contribution is 5.86. The van der Waals surface area contributed by atoms with E-state index >= 15 is 0 Å². The van der Waals surface area contributed by atoms with E-state index in [-0.39, 0.29) is 6.61 Å². The smallest absolute Gasteiger partial charge is 0.303 e. The number of hydrogen-bond donors (Lipinski definition) is 2. The normalized spacial score (nSPS) is 25.9. The van der Waals surface area contributed by atoms with Gasteiger partial charge < -0.3 is 29.6 Å². The number of hydrogen-bond acceptors (Lipinski definition) is 9. The summed E-state index contributed by atoms with van der Waals surface area (Å²) in [4.78, 5) is 30.4. The minimum Gasteiger partial charge on any atom is -0.463 e. The molecule has 1 aliphatic heterocycles. The lowest BCUT2D eigenvalue weighted by molar-refractivity contribution is -0.157. The predicted molar refractivity (Wildman–Crippen MR) is 84.0 cm³/mol. The molecule has 4 unspecified atom stereocenters. The molecule has 3 N–H and O–H groups in total. The van der Waals surface area contributed by atoms with Gasteiger partial charge in [-0.25, -0.2) is 9.97 Å². The summed E-state index contributed by atoms with van der Waals surface area (Å²) in [6.07, 6.45) is -0.936. The zero-order chi connectivity index (χ0) is 18.1. The number of esters is 2. The zero-order valence-electron chi connectivity index (χ0n) is 13.7. The summed E-state index contributed by atoms with van der Waals surface area (Å²) >= 11 is 0. The maximum absolute atomic E-state index is 11.3. The van der Waals surface area contributed by atoms with Crippen LogP contribution in [0.5, 0.6) is 0 Å². The average Bonchev–Trinajstić information content (AvgIpc) is 3.09. The van der Waals surface area contributed by atoms with Gasteiger partial charge in [-0.1, -0.05) is 0 Å². The van der Waals surface area contributed by atoms with Crippen molar-refractivity contribution in [2.24, 2.45) is 0 Å². The Morgan fingerprint density at radius 2 is 2.12 bits per heavy atom. The molecule has 10 heteroatoms. The van der Waals surface area contributed by atoms with Gasteiger partial charge in [-0.15, -0.1) is 0 Å². The number of nitrogens with two attached hydrogens (primary N) is 1. The maximum Gasteiger partial charge on any atom is 0.303 e. The van der Waals surface area contributed by atoms with Gasteiger partial charge in [0, 0.05) is 20.0 Å². The third-order valence-corrected chi connectivity index (χ3v) is 3.88. The van der Waals surface area contributed by atoms with Gasteiger partial charge in [0.1, 0.15) is 36.6 Å². The van der Waals surface area contributed by atoms with Crippen LogP contribution in [0, 0.1) is 0 Å². The van der Waals surface area contributed by atoms with Crippen molar-refractivity contribution >= 4 is 28.8 Å². The quantitative estimate of drug-likeness (QED) is 0.715. The number of fused-ring (bicyclic) bond motifs is 1. The Bertz CT molecular complexity index is 806. The van der Waals surface area contributed by atoms with Crippen LogP contribution >= 0.6 is 0 Å². The topological polar surface area (TPSA) is 139 Å². The molecule has 25 heavy (non-hydrogen) atoms. The molecule has 0 amide bonds. The Labute approximate surface area is 142 Å². The molecule has 1 fully saturated rings. The Morgan fingerprint density at radius 1 is 1.36 bits per heavy atom. The van der Waals surface area contributed by atoms with Gasteiger partial charge in [-0.2, -0.15) is 0 Å². The van der Waals surface area contributed by atoms with Crippen molar-refractivity contribution in [3.8, 4) is 0 Å². The summed E-state index contributed by atoms with van der Waals surface area (Å²) in [5.41, 5.74) is 6.27. The lowest BCUT2D eigenvalue weighted by Crippen LogP contribution is -2.38. The van der Waals surface area contributed by atoms with Crippen LogP contribution in [0.25, 0.3) is 11.0 Å². The molecule has 1 saturated heterocycles. The van der Waals surface area contributed by atoms with Gasteiger partial charge in [-0.05, 0) is 6.07 Å². The van der Waals surface area contributed by atoms with Crippen molar-refractivity contribution in [1.82, 2.24) is 14.5 Å². The van der Waals surface area contributed by atoms with Crippen LogP contribution in [-0.4, -0.2) is 56.5 Å².